The molecule has 21 heavy (non-hydrogen) atoms. The highest BCUT2D eigenvalue weighted by Crippen LogP contribution is 2.49. The Morgan fingerprint density at radius 2 is 2.05 bits per heavy atom. The van der Waals surface area contributed by atoms with Crippen molar-refractivity contribution in [1.29, 1.82) is 0 Å². The molecule has 1 fully saturated rings. The largest absolute Gasteiger partial charge is 0.378 e. The van der Waals surface area contributed by atoms with E-state index in [-0.39, 0.29) is 23.5 Å². The number of nitrogens with one attached hydrogen (secondary N) is 1. The fraction of sp³-hybridized carbons (Fsp3) is 0.750. The lowest BCUT2D eigenvalue weighted by Gasteiger charge is -2.55. The zero-order valence-electron chi connectivity index (χ0n) is 13.7. The molecule has 2 rings (SSSR count). The molecule has 0 spiro atoms. The molecule has 1 aromatic rings. The summed E-state index contributed by atoms with van der Waals surface area (Å²) in [6.07, 6.45) is 3.12. The quantitative estimate of drug-likeness (QED) is 0.876. The normalized spacial score (nSPS) is 23.7. The summed E-state index contributed by atoms with van der Waals surface area (Å²) in [4.78, 5) is 12.5. The Balaban J connectivity index is 2.11. The highest BCUT2D eigenvalue weighted by Gasteiger charge is 2.54. The van der Waals surface area contributed by atoms with Gasteiger partial charge >= 0.3 is 0 Å². The molecule has 0 bridgehead atoms. The lowest BCUT2D eigenvalue weighted by Crippen LogP contribution is -2.64. The van der Waals surface area contributed by atoms with E-state index in [0.29, 0.717) is 17.0 Å². The fourth-order valence-corrected chi connectivity index (χ4v) is 3.62. The summed E-state index contributed by atoms with van der Waals surface area (Å²) in [7, 11) is 0. The van der Waals surface area contributed by atoms with Gasteiger partial charge in [0.2, 0.25) is 0 Å². The Labute approximate surface area is 126 Å². The third-order valence-corrected chi connectivity index (χ3v) is 5.04. The van der Waals surface area contributed by atoms with Crippen molar-refractivity contribution in [2.75, 3.05) is 6.61 Å². The van der Waals surface area contributed by atoms with Crippen LogP contribution in [0.1, 0.15) is 61.8 Å². The minimum atomic E-state index is -0.0857. The van der Waals surface area contributed by atoms with Crippen LogP contribution >= 0.6 is 0 Å². The molecule has 2 unspecified atom stereocenters. The van der Waals surface area contributed by atoms with Gasteiger partial charge in [-0.05, 0) is 40.0 Å². The first-order valence-electron chi connectivity index (χ1n) is 7.85. The molecule has 1 N–H and O–H groups in total. The Kier molecular flexibility index (Phi) is 4.71. The molecule has 2 atom stereocenters. The number of carbonyl (C=O) groups is 1. The molecule has 0 aliphatic heterocycles. The van der Waals surface area contributed by atoms with Gasteiger partial charge in [-0.25, -0.2) is 0 Å². The fourth-order valence-electron chi connectivity index (χ4n) is 3.62. The summed E-state index contributed by atoms with van der Waals surface area (Å²) in [6, 6.07) is 0.158. The number of ether oxygens (including phenoxy) is 1. The van der Waals surface area contributed by atoms with E-state index in [4.69, 9.17) is 9.26 Å². The van der Waals surface area contributed by atoms with Crippen LogP contribution in [0.4, 0.5) is 0 Å². The van der Waals surface area contributed by atoms with Gasteiger partial charge in [0.15, 0.2) is 0 Å². The van der Waals surface area contributed by atoms with Crippen molar-refractivity contribution in [2.24, 2.45) is 5.41 Å². The number of aryl methyl sites for hydroxylation is 2. The average Bonchev–Trinajstić information content (AvgIpc) is 2.78. The molecule has 0 radical (unpaired) electrons. The number of amides is 1. The number of nitrogens with zero attached hydrogens (tertiary/aromatic N) is 1. The van der Waals surface area contributed by atoms with Crippen LogP contribution in [0.15, 0.2) is 4.52 Å². The zero-order valence-corrected chi connectivity index (χ0v) is 13.7. The molecular formula is C16H26N2O3. The highest BCUT2D eigenvalue weighted by molar-refractivity contribution is 5.96. The second-order valence-electron chi connectivity index (χ2n) is 5.85. The first-order chi connectivity index (χ1) is 10.00. The maximum absolute atomic E-state index is 12.5. The molecule has 1 heterocycles. The minimum Gasteiger partial charge on any atom is -0.378 e. The average molecular weight is 294 g/mol. The predicted molar refractivity (Wildman–Crippen MR) is 80.3 cm³/mol. The summed E-state index contributed by atoms with van der Waals surface area (Å²) in [5, 5.41) is 7.01. The summed E-state index contributed by atoms with van der Waals surface area (Å²) in [5.74, 6) is 0.488. The van der Waals surface area contributed by atoms with E-state index in [1.807, 2.05) is 6.92 Å². The molecule has 5 nitrogen and oxygen atoms in total. The Morgan fingerprint density at radius 1 is 1.38 bits per heavy atom. The van der Waals surface area contributed by atoms with Gasteiger partial charge < -0.3 is 14.6 Å². The van der Waals surface area contributed by atoms with Crippen LogP contribution in [0.2, 0.25) is 0 Å². The smallest absolute Gasteiger partial charge is 0.257 e. The Bertz CT molecular complexity index is 486. The molecule has 1 aliphatic carbocycles. The Hall–Kier alpha value is -1.36. The van der Waals surface area contributed by atoms with Gasteiger partial charge in [0, 0.05) is 18.1 Å². The van der Waals surface area contributed by atoms with Crippen LogP contribution in [-0.2, 0) is 4.74 Å². The van der Waals surface area contributed by atoms with Crippen molar-refractivity contribution in [2.45, 2.75) is 66.0 Å². The number of hydrogen-bond donors (Lipinski definition) is 1. The van der Waals surface area contributed by atoms with E-state index < -0.39 is 0 Å². The van der Waals surface area contributed by atoms with Gasteiger partial charge in [-0.2, -0.15) is 0 Å². The second-order valence-corrected chi connectivity index (χ2v) is 5.85. The van der Waals surface area contributed by atoms with E-state index in [0.717, 1.165) is 25.9 Å². The van der Waals surface area contributed by atoms with E-state index in [9.17, 15) is 4.79 Å². The first kappa shape index (κ1) is 16.0. The molecule has 0 aromatic carbocycles. The topological polar surface area (TPSA) is 64.4 Å². The molecule has 1 aromatic heterocycles. The SMILES string of the molecule is CCOC1CC(NC(=O)c2c(C)noc2C)C1(CC)CC. The number of aromatic nitrogens is 1. The molecule has 0 saturated heterocycles. The van der Waals surface area contributed by atoms with Gasteiger partial charge in [0.25, 0.3) is 5.91 Å². The van der Waals surface area contributed by atoms with Crippen molar-refractivity contribution in [1.82, 2.24) is 10.5 Å². The van der Waals surface area contributed by atoms with Crippen molar-refractivity contribution < 1.29 is 14.1 Å². The highest BCUT2D eigenvalue weighted by atomic mass is 16.5. The van der Waals surface area contributed by atoms with Crippen LogP contribution in [0.25, 0.3) is 0 Å². The summed E-state index contributed by atoms with van der Waals surface area (Å²) in [6.45, 7) is 10.6. The third-order valence-electron chi connectivity index (χ3n) is 5.04. The monoisotopic (exact) mass is 294 g/mol. The van der Waals surface area contributed by atoms with Crippen LogP contribution < -0.4 is 5.32 Å². The molecule has 1 aliphatic rings. The first-order valence-corrected chi connectivity index (χ1v) is 7.85. The lowest BCUT2D eigenvalue weighted by molar-refractivity contribution is -0.134. The maximum Gasteiger partial charge on any atom is 0.257 e. The number of hydrogen-bond acceptors (Lipinski definition) is 4. The molecule has 5 heteroatoms. The van der Waals surface area contributed by atoms with E-state index >= 15 is 0 Å². The van der Waals surface area contributed by atoms with Crippen molar-refractivity contribution >= 4 is 5.91 Å². The van der Waals surface area contributed by atoms with Crippen LogP contribution in [0.3, 0.4) is 0 Å². The minimum absolute atomic E-state index is 0.0463. The van der Waals surface area contributed by atoms with Gasteiger partial charge in [0.1, 0.15) is 11.3 Å². The van der Waals surface area contributed by atoms with Gasteiger partial charge in [-0.1, -0.05) is 19.0 Å². The van der Waals surface area contributed by atoms with Crippen LogP contribution in [-0.4, -0.2) is 29.8 Å². The second kappa shape index (κ2) is 6.18. The van der Waals surface area contributed by atoms with Gasteiger partial charge in [-0.3, -0.25) is 4.79 Å². The molecule has 1 saturated carbocycles. The van der Waals surface area contributed by atoms with Crippen molar-refractivity contribution in [3.63, 3.8) is 0 Å². The van der Waals surface area contributed by atoms with E-state index in [1.165, 1.54) is 0 Å². The number of carbonyl (C=O) groups excluding carboxylic acids is 1. The third kappa shape index (κ3) is 2.59. The van der Waals surface area contributed by atoms with E-state index in [2.05, 4.69) is 24.3 Å². The lowest BCUT2D eigenvalue weighted by atomic mass is 9.58. The standard InChI is InChI=1S/C16H26N2O3/c1-6-16(7-2)12(9-13(16)20-8-3)17-15(19)14-10(4)18-21-11(14)5/h12-13H,6-9H2,1-5H3,(H,17,19). The molecular weight excluding hydrogens is 268 g/mol. The molecule has 1 amide bonds. The summed E-state index contributed by atoms with van der Waals surface area (Å²) >= 11 is 0. The summed E-state index contributed by atoms with van der Waals surface area (Å²) < 4.78 is 10.9. The predicted octanol–water partition coefficient (Wildman–Crippen LogP) is 3.01. The molecule has 118 valence electrons. The van der Waals surface area contributed by atoms with Crippen molar-refractivity contribution in [3.8, 4) is 0 Å². The van der Waals surface area contributed by atoms with Crippen molar-refractivity contribution in [3.05, 3.63) is 17.0 Å². The number of rotatable bonds is 6. The van der Waals surface area contributed by atoms with Crippen LogP contribution in [0, 0.1) is 19.3 Å². The van der Waals surface area contributed by atoms with E-state index in [1.54, 1.807) is 13.8 Å². The van der Waals surface area contributed by atoms with Gasteiger partial charge in [0.05, 0.1) is 11.8 Å². The van der Waals surface area contributed by atoms with Crippen LogP contribution in [0.5, 0.6) is 0 Å². The Morgan fingerprint density at radius 3 is 2.52 bits per heavy atom. The zero-order chi connectivity index (χ0) is 15.6. The summed E-state index contributed by atoms with van der Waals surface area (Å²) in [5.41, 5.74) is 1.25. The van der Waals surface area contributed by atoms with Gasteiger partial charge in [-0.15, -0.1) is 0 Å². The maximum atomic E-state index is 12.5.